The Morgan fingerprint density at radius 2 is 2.10 bits per heavy atom. The van der Waals surface area contributed by atoms with Crippen LogP contribution in [0.15, 0.2) is 42.6 Å². The van der Waals surface area contributed by atoms with Crippen LogP contribution in [0.3, 0.4) is 0 Å². The van der Waals surface area contributed by atoms with E-state index in [-0.39, 0.29) is 0 Å². The van der Waals surface area contributed by atoms with Crippen molar-refractivity contribution in [1.29, 1.82) is 0 Å². The molecule has 2 aromatic rings. The number of hydrogen-bond acceptors (Lipinski definition) is 4. The smallest absolute Gasteiger partial charge is 0.213 e. The van der Waals surface area contributed by atoms with Crippen molar-refractivity contribution in [2.24, 2.45) is 0 Å². The molecule has 112 valence electrons. The number of nitrogens with one attached hydrogen (secondary N) is 1. The van der Waals surface area contributed by atoms with Crippen LogP contribution in [-0.4, -0.2) is 18.6 Å². The first-order valence-electron chi connectivity index (χ1n) is 7.18. The highest BCUT2D eigenvalue weighted by Gasteiger charge is 2.05. The van der Waals surface area contributed by atoms with Crippen LogP contribution < -0.4 is 14.8 Å². The zero-order chi connectivity index (χ0) is 15.1. The summed E-state index contributed by atoms with van der Waals surface area (Å²) in [5, 5.41) is 3.36. The van der Waals surface area contributed by atoms with Gasteiger partial charge in [0, 0.05) is 18.3 Å². The van der Waals surface area contributed by atoms with Crippen molar-refractivity contribution in [3.63, 3.8) is 0 Å². The normalized spacial score (nSPS) is 12.0. The lowest BCUT2D eigenvalue weighted by molar-refractivity contribution is 0.292. The van der Waals surface area contributed by atoms with Gasteiger partial charge in [-0.3, -0.25) is 0 Å². The second-order valence-corrected chi connectivity index (χ2v) is 4.85. The van der Waals surface area contributed by atoms with Gasteiger partial charge in [0.15, 0.2) is 0 Å². The van der Waals surface area contributed by atoms with E-state index in [9.17, 15) is 0 Å². The van der Waals surface area contributed by atoms with Gasteiger partial charge in [-0.1, -0.05) is 25.1 Å². The number of aromatic nitrogens is 1. The summed E-state index contributed by atoms with van der Waals surface area (Å²) >= 11 is 0. The largest absolute Gasteiger partial charge is 0.497 e. The summed E-state index contributed by atoms with van der Waals surface area (Å²) in [4.78, 5) is 4.35. The summed E-state index contributed by atoms with van der Waals surface area (Å²) in [6, 6.07) is 12.1. The maximum absolute atomic E-state index is 5.70. The SMILES string of the molecule is CCNC(C)c1ccc(OCc2cccc(OC)c2)nc1. The second-order valence-electron chi connectivity index (χ2n) is 4.85. The maximum atomic E-state index is 5.70. The molecule has 4 heteroatoms. The highest BCUT2D eigenvalue weighted by atomic mass is 16.5. The second kappa shape index (κ2) is 7.64. The number of ether oxygens (including phenoxy) is 2. The third-order valence-corrected chi connectivity index (χ3v) is 3.29. The van der Waals surface area contributed by atoms with E-state index in [0.29, 0.717) is 18.5 Å². The number of methoxy groups -OCH3 is 1. The van der Waals surface area contributed by atoms with Gasteiger partial charge in [0.2, 0.25) is 5.88 Å². The standard InChI is InChI=1S/C17H22N2O2/c1-4-18-13(2)15-8-9-17(19-11-15)21-12-14-6-5-7-16(10-14)20-3/h5-11,13,18H,4,12H2,1-3H3. The van der Waals surface area contributed by atoms with Crippen LogP contribution in [0.4, 0.5) is 0 Å². The summed E-state index contributed by atoms with van der Waals surface area (Å²) in [7, 11) is 1.66. The van der Waals surface area contributed by atoms with E-state index in [1.807, 2.05) is 42.6 Å². The Balaban J connectivity index is 1.94. The van der Waals surface area contributed by atoms with Gasteiger partial charge >= 0.3 is 0 Å². The highest BCUT2D eigenvalue weighted by molar-refractivity contribution is 5.28. The molecule has 0 spiro atoms. The minimum atomic E-state index is 0.301. The molecule has 21 heavy (non-hydrogen) atoms. The molecule has 1 unspecified atom stereocenters. The lowest BCUT2D eigenvalue weighted by Gasteiger charge is -2.13. The fourth-order valence-electron chi connectivity index (χ4n) is 2.08. The lowest BCUT2D eigenvalue weighted by Crippen LogP contribution is -2.17. The number of rotatable bonds is 7. The minimum absolute atomic E-state index is 0.301. The summed E-state index contributed by atoms with van der Waals surface area (Å²) < 4.78 is 10.9. The Morgan fingerprint density at radius 1 is 1.24 bits per heavy atom. The van der Waals surface area contributed by atoms with Crippen molar-refractivity contribution in [1.82, 2.24) is 10.3 Å². The Labute approximate surface area is 126 Å². The van der Waals surface area contributed by atoms with Crippen molar-refractivity contribution in [3.05, 3.63) is 53.7 Å². The van der Waals surface area contributed by atoms with Crippen LogP contribution in [0, 0.1) is 0 Å². The Bertz CT molecular complexity index is 555. The number of pyridine rings is 1. The highest BCUT2D eigenvalue weighted by Crippen LogP contribution is 2.17. The van der Waals surface area contributed by atoms with Crippen molar-refractivity contribution >= 4 is 0 Å². The Hall–Kier alpha value is -2.07. The topological polar surface area (TPSA) is 43.4 Å². The van der Waals surface area contributed by atoms with Crippen LogP contribution in [-0.2, 0) is 6.61 Å². The summed E-state index contributed by atoms with van der Waals surface area (Å²) in [5.41, 5.74) is 2.21. The first-order valence-corrected chi connectivity index (χ1v) is 7.18. The van der Waals surface area contributed by atoms with Crippen LogP contribution in [0.5, 0.6) is 11.6 Å². The van der Waals surface area contributed by atoms with Crippen molar-refractivity contribution < 1.29 is 9.47 Å². The summed E-state index contributed by atoms with van der Waals surface area (Å²) in [5.74, 6) is 1.46. The molecule has 0 bridgehead atoms. The first kappa shape index (κ1) is 15.3. The zero-order valence-electron chi connectivity index (χ0n) is 12.8. The van der Waals surface area contributed by atoms with Crippen LogP contribution >= 0.6 is 0 Å². The summed E-state index contributed by atoms with van der Waals surface area (Å²) in [6.07, 6.45) is 1.86. The molecule has 0 saturated heterocycles. The van der Waals surface area contributed by atoms with Gasteiger partial charge in [0.1, 0.15) is 12.4 Å². The molecule has 0 aliphatic rings. The molecule has 1 N–H and O–H groups in total. The zero-order valence-corrected chi connectivity index (χ0v) is 12.8. The number of benzene rings is 1. The monoisotopic (exact) mass is 286 g/mol. The maximum Gasteiger partial charge on any atom is 0.213 e. The number of nitrogens with zero attached hydrogens (tertiary/aromatic N) is 1. The molecule has 0 aliphatic carbocycles. The van der Waals surface area contributed by atoms with E-state index in [1.54, 1.807) is 7.11 Å². The molecular formula is C17H22N2O2. The molecule has 1 heterocycles. The predicted octanol–water partition coefficient (Wildman–Crippen LogP) is 3.34. The van der Waals surface area contributed by atoms with E-state index in [0.717, 1.165) is 23.4 Å². The quantitative estimate of drug-likeness (QED) is 0.847. The molecule has 1 atom stereocenters. The third kappa shape index (κ3) is 4.46. The molecule has 0 aliphatic heterocycles. The van der Waals surface area contributed by atoms with E-state index >= 15 is 0 Å². The van der Waals surface area contributed by atoms with Gasteiger partial charge in [-0.25, -0.2) is 4.98 Å². The van der Waals surface area contributed by atoms with Gasteiger partial charge in [-0.2, -0.15) is 0 Å². The molecule has 0 fully saturated rings. The van der Waals surface area contributed by atoms with Crippen LogP contribution in [0.25, 0.3) is 0 Å². The first-order chi connectivity index (χ1) is 10.2. The lowest BCUT2D eigenvalue weighted by atomic mass is 10.1. The van der Waals surface area contributed by atoms with Gasteiger partial charge < -0.3 is 14.8 Å². The fraction of sp³-hybridized carbons (Fsp3) is 0.353. The van der Waals surface area contributed by atoms with Crippen molar-refractivity contribution in [3.8, 4) is 11.6 Å². The molecule has 2 rings (SSSR count). The predicted molar refractivity (Wildman–Crippen MR) is 83.7 cm³/mol. The molecular weight excluding hydrogens is 264 g/mol. The molecule has 1 aromatic heterocycles. The Morgan fingerprint density at radius 3 is 2.76 bits per heavy atom. The summed E-state index contributed by atoms with van der Waals surface area (Å²) in [6.45, 7) is 5.63. The molecule has 4 nitrogen and oxygen atoms in total. The number of hydrogen-bond donors (Lipinski definition) is 1. The molecule has 0 saturated carbocycles. The van der Waals surface area contributed by atoms with Crippen molar-refractivity contribution in [2.75, 3.05) is 13.7 Å². The van der Waals surface area contributed by atoms with Gasteiger partial charge in [-0.15, -0.1) is 0 Å². The average molecular weight is 286 g/mol. The van der Waals surface area contributed by atoms with Crippen LogP contribution in [0.2, 0.25) is 0 Å². The van der Waals surface area contributed by atoms with E-state index in [1.165, 1.54) is 0 Å². The van der Waals surface area contributed by atoms with E-state index in [4.69, 9.17) is 9.47 Å². The third-order valence-electron chi connectivity index (χ3n) is 3.29. The average Bonchev–Trinajstić information content (AvgIpc) is 2.54. The van der Waals surface area contributed by atoms with Gasteiger partial charge in [-0.05, 0) is 36.7 Å². The fourth-order valence-corrected chi connectivity index (χ4v) is 2.08. The molecule has 0 radical (unpaired) electrons. The van der Waals surface area contributed by atoms with E-state index in [2.05, 4.69) is 24.1 Å². The van der Waals surface area contributed by atoms with Gasteiger partial charge in [0.05, 0.1) is 7.11 Å². The van der Waals surface area contributed by atoms with Crippen molar-refractivity contribution in [2.45, 2.75) is 26.5 Å². The van der Waals surface area contributed by atoms with E-state index < -0.39 is 0 Å². The van der Waals surface area contributed by atoms with Crippen LogP contribution in [0.1, 0.15) is 31.0 Å². The minimum Gasteiger partial charge on any atom is -0.497 e. The molecule has 0 amide bonds. The Kier molecular flexibility index (Phi) is 5.58. The van der Waals surface area contributed by atoms with Gasteiger partial charge in [0.25, 0.3) is 0 Å². The molecule has 1 aromatic carbocycles.